The fourth-order valence-electron chi connectivity index (χ4n) is 2.29. The van der Waals surface area contributed by atoms with E-state index in [0.29, 0.717) is 0 Å². The number of hydrogen-bond acceptors (Lipinski definition) is 5. The smallest absolute Gasteiger partial charge is 0.172 e. The van der Waals surface area contributed by atoms with Crippen molar-refractivity contribution in [2.24, 2.45) is 0 Å². The summed E-state index contributed by atoms with van der Waals surface area (Å²) in [6, 6.07) is 13.7. The van der Waals surface area contributed by atoms with Crippen LogP contribution >= 0.6 is 11.8 Å². The van der Waals surface area contributed by atoms with Gasteiger partial charge in [0.25, 0.3) is 0 Å². The van der Waals surface area contributed by atoms with Crippen LogP contribution in [0.25, 0.3) is 21.9 Å². The summed E-state index contributed by atoms with van der Waals surface area (Å²) in [5, 5.41) is 2.61. The van der Waals surface area contributed by atoms with Crippen molar-refractivity contribution in [2.75, 3.05) is 7.11 Å². The molecule has 0 aliphatic carbocycles. The Morgan fingerprint density at radius 3 is 2.82 bits per heavy atom. The Morgan fingerprint density at radius 1 is 1.05 bits per heavy atom. The van der Waals surface area contributed by atoms with Crippen molar-refractivity contribution in [1.82, 2.24) is 19.9 Å². The zero-order chi connectivity index (χ0) is 14.9. The number of benzene rings is 2. The lowest BCUT2D eigenvalue weighted by Gasteiger charge is -2.05. The van der Waals surface area contributed by atoms with Gasteiger partial charge in [0, 0.05) is 5.39 Å². The Balaban J connectivity index is 1.80. The molecule has 2 heterocycles. The third-order valence-electron chi connectivity index (χ3n) is 3.37. The van der Waals surface area contributed by atoms with Crippen LogP contribution in [0.5, 0.6) is 5.75 Å². The number of hydrogen-bond donors (Lipinski definition) is 1. The molecule has 0 atom stereocenters. The fourth-order valence-corrected chi connectivity index (χ4v) is 3.15. The summed E-state index contributed by atoms with van der Waals surface area (Å²) in [6.07, 6.45) is 1.57. The van der Waals surface area contributed by atoms with Gasteiger partial charge in [0.1, 0.15) is 17.1 Å². The second kappa shape index (κ2) is 5.31. The van der Waals surface area contributed by atoms with Gasteiger partial charge in [-0.2, -0.15) is 0 Å². The van der Waals surface area contributed by atoms with Gasteiger partial charge in [0.15, 0.2) is 5.16 Å². The van der Waals surface area contributed by atoms with E-state index in [1.54, 1.807) is 13.4 Å². The summed E-state index contributed by atoms with van der Waals surface area (Å²) in [6.45, 7) is 0. The molecule has 4 rings (SSSR count). The van der Waals surface area contributed by atoms with Gasteiger partial charge in [-0.1, -0.05) is 12.1 Å². The second-order valence-electron chi connectivity index (χ2n) is 4.72. The number of ether oxygens (including phenoxy) is 1. The van der Waals surface area contributed by atoms with Gasteiger partial charge < -0.3 is 9.72 Å². The highest BCUT2D eigenvalue weighted by Crippen LogP contribution is 2.32. The van der Waals surface area contributed by atoms with Crippen molar-refractivity contribution in [3.05, 3.63) is 48.8 Å². The molecule has 1 N–H and O–H groups in total. The summed E-state index contributed by atoms with van der Waals surface area (Å²) in [4.78, 5) is 16.5. The molecule has 0 saturated heterocycles. The van der Waals surface area contributed by atoms with Crippen molar-refractivity contribution in [3.63, 3.8) is 0 Å². The number of H-pyrrole nitrogens is 1. The lowest BCUT2D eigenvalue weighted by Crippen LogP contribution is -1.89. The molecule has 0 aliphatic rings. The fraction of sp³-hybridized carbons (Fsp3) is 0.0625. The van der Waals surface area contributed by atoms with Gasteiger partial charge in [0.05, 0.1) is 23.7 Å². The first kappa shape index (κ1) is 13.1. The van der Waals surface area contributed by atoms with Crippen LogP contribution in [0, 0.1) is 0 Å². The Labute approximate surface area is 130 Å². The summed E-state index contributed by atoms with van der Waals surface area (Å²) in [5.41, 5.74) is 2.84. The summed E-state index contributed by atoms with van der Waals surface area (Å²) >= 11 is 1.49. The molecule has 0 spiro atoms. The van der Waals surface area contributed by atoms with Crippen molar-refractivity contribution in [3.8, 4) is 5.75 Å². The van der Waals surface area contributed by atoms with E-state index in [-0.39, 0.29) is 0 Å². The second-order valence-corrected chi connectivity index (χ2v) is 5.70. The number of nitrogens with one attached hydrogen (secondary N) is 1. The maximum absolute atomic E-state index is 5.29. The molecule has 0 fully saturated rings. The highest BCUT2D eigenvalue weighted by atomic mass is 32.2. The van der Waals surface area contributed by atoms with E-state index in [1.807, 2.05) is 42.5 Å². The van der Waals surface area contributed by atoms with Crippen LogP contribution in [0.4, 0.5) is 0 Å². The van der Waals surface area contributed by atoms with Crippen LogP contribution < -0.4 is 4.74 Å². The first-order chi connectivity index (χ1) is 10.8. The Kier molecular flexibility index (Phi) is 3.16. The van der Waals surface area contributed by atoms with Crippen LogP contribution in [-0.2, 0) is 0 Å². The minimum Gasteiger partial charge on any atom is -0.497 e. The largest absolute Gasteiger partial charge is 0.497 e. The third-order valence-corrected chi connectivity index (χ3v) is 4.27. The predicted octanol–water partition coefficient (Wildman–Crippen LogP) is 3.67. The standard InChI is InChI=1S/C16H12N4OS/c1-21-10-6-7-12-11(8-10)15(18-9-17-12)22-16-19-13-4-2-3-5-14(13)20-16/h2-9H,1H3,(H,19,20). The molecular weight excluding hydrogens is 296 g/mol. The summed E-state index contributed by atoms with van der Waals surface area (Å²) in [5.74, 6) is 0.786. The molecular formula is C16H12N4OS. The van der Waals surface area contributed by atoms with Crippen molar-refractivity contribution >= 4 is 33.7 Å². The number of nitrogens with zero attached hydrogens (tertiary/aromatic N) is 3. The molecule has 0 amide bonds. The van der Waals surface area contributed by atoms with E-state index in [9.17, 15) is 0 Å². The van der Waals surface area contributed by atoms with Gasteiger partial charge in [-0.05, 0) is 42.1 Å². The van der Waals surface area contributed by atoms with E-state index >= 15 is 0 Å². The molecule has 2 aromatic heterocycles. The number of aromatic amines is 1. The molecule has 0 aliphatic heterocycles. The SMILES string of the molecule is COc1ccc2ncnc(Sc3nc4ccccc4[nH]3)c2c1. The number of imidazole rings is 1. The normalized spacial score (nSPS) is 11.1. The lowest BCUT2D eigenvalue weighted by atomic mass is 10.2. The highest BCUT2D eigenvalue weighted by molar-refractivity contribution is 7.99. The van der Waals surface area contributed by atoms with E-state index in [0.717, 1.165) is 37.9 Å². The van der Waals surface area contributed by atoms with Gasteiger partial charge in [-0.25, -0.2) is 15.0 Å². The number of fused-ring (bicyclic) bond motifs is 2. The quantitative estimate of drug-likeness (QED) is 0.585. The number of aromatic nitrogens is 4. The third kappa shape index (κ3) is 2.27. The Hall–Kier alpha value is -2.60. The monoisotopic (exact) mass is 308 g/mol. The predicted molar refractivity (Wildman–Crippen MR) is 86.3 cm³/mol. The maximum atomic E-state index is 5.29. The summed E-state index contributed by atoms with van der Waals surface area (Å²) < 4.78 is 5.29. The number of rotatable bonds is 3. The average Bonchev–Trinajstić information content (AvgIpc) is 2.97. The molecule has 6 heteroatoms. The number of para-hydroxylation sites is 2. The van der Waals surface area contributed by atoms with Gasteiger partial charge >= 0.3 is 0 Å². The summed E-state index contributed by atoms with van der Waals surface area (Å²) in [7, 11) is 1.65. The van der Waals surface area contributed by atoms with Crippen molar-refractivity contribution in [2.45, 2.75) is 10.2 Å². The zero-order valence-corrected chi connectivity index (χ0v) is 12.6. The first-order valence-electron chi connectivity index (χ1n) is 6.75. The van der Waals surface area contributed by atoms with Crippen LogP contribution in [-0.4, -0.2) is 27.0 Å². The minimum absolute atomic E-state index is 0.786. The molecule has 108 valence electrons. The molecule has 2 aromatic carbocycles. The molecule has 0 radical (unpaired) electrons. The molecule has 0 unspecified atom stereocenters. The van der Waals surface area contributed by atoms with Crippen LogP contribution in [0.1, 0.15) is 0 Å². The topological polar surface area (TPSA) is 63.7 Å². The maximum Gasteiger partial charge on any atom is 0.172 e. The molecule has 22 heavy (non-hydrogen) atoms. The zero-order valence-electron chi connectivity index (χ0n) is 11.8. The number of methoxy groups -OCH3 is 1. The average molecular weight is 308 g/mol. The van der Waals surface area contributed by atoms with Gasteiger partial charge in [-0.3, -0.25) is 0 Å². The van der Waals surface area contributed by atoms with Gasteiger partial charge in [-0.15, -0.1) is 0 Å². The van der Waals surface area contributed by atoms with Crippen LogP contribution in [0.2, 0.25) is 0 Å². The van der Waals surface area contributed by atoms with Gasteiger partial charge in [0.2, 0.25) is 0 Å². The van der Waals surface area contributed by atoms with E-state index in [2.05, 4.69) is 19.9 Å². The molecule has 0 saturated carbocycles. The molecule has 4 aromatic rings. The van der Waals surface area contributed by atoms with E-state index in [1.165, 1.54) is 11.8 Å². The molecule has 0 bridgehead atoms. The molecule has 5 nitrogen and oxygen atoms in total. The van der Waals surface area contributed by atoms with Crippen molar-refractivity contribution < 1.29 is 4.74 Å². The Bertz CT molecular complexity index is 934. The van der Waals surface area contributed by atoms with Crippen molar-refractivity contribution in [1.29, 1.82) is 0 Å². The van der Waals surface area contributed by atoms with E-state index < -0.39 is 0 Å². The van der Waals surface area contributed by atoms with Crippen LogP contribution in [0.3, 0.4) is 0 Å². The first-order valence-corrected chi connectivity index (χ1v) is 7.56. The Morgan fingerprint density at radius 2 is 1.95 bits per heavy atom. The highest BCUT2D eigenvalue weighted by Gasteiger charge is 2.10. The minimum atomic E-state index is 0.786. The van der Waals surface area contributed by atoms with Crippen LogP contribution in [0.15, 0.2) is 59.0 Å². The van der Waals surface area contributed by atoms with E-state index in [4.69, 9.17) is 4.74 Å². The lowest BCUT2D eigenvalue weighted by molar-refractivity contribution is 0.415.